The first-order valence-corrected chi connectivity index (χ1v) is 10.0. The van der Waals surface area contributed by atoms with E-state index < -0.39 is 0 Å². The Morgan fingerprint density at radius 1 is 0.969 bits per heavy atom. The number of benzene rings is 2. The number of fused-ring (bicyclic) bond motifs is 1. The molecule has 5 aromatic rings. The first kappa shape index (κ1) is 19.4. The first-order valence-electron chi connectivity index (χ1n) is 10.0. The minimum atomic E-state index is -0.120. The average molecular weight is 424 g/mol. The first-order chi connectivity index (χ1) is 15.7. The number of hydrogen-bond acceptors (Lipinski definition) is 6. The van der Waals surface area contributed by atoms with Crippen molar-refractivity contribution >= 4 is 34.1 Å². The summed E-state index contributed by atoms with van der Waals surface area (Å²) in [4.78, 5) is 29.6. The van der Waals surface area contributed by atoms with Crippen LogP contribution in [-0.2, 0) is 11.3 Å². The summed E-state index contributed by atoms with van der Waals surface area (Å²) in [7, 11) is 0. The molecule has 2 aromatic carbocycles. The molecule has 1 amide bonds. The summed E-state index contributed by atoms with van der Waals surface area (Å²) in [5.74, 6) is 2.11. The van der Waals surface area contributed by atoms with Crippen molar-refractivity contribution in [2.24, 2.45) is 0 Å². The van der Waals surface area contributed by atoms with Gasteiger partial charge in [0.1, 0.15) is 30.3 Å². The summed E-state index contributed by atoms with van der Waals surface area (Å²) in [5, 5.41) is 6.17. The summed E-state index contributed by atoms with van der Waals surface area (Å²) in [6.07, 6.45) is 6.77. The maximum absolute atomic E-state index is 12.5. The van der Waals surface area contributed by atoms with Gasteiger partial charge in [-0.25, -0.2) is 19.9 Å². The zero-order valence-corrected chi connectivity index (χ0v) is 17.3. The van der Waals surface area contributed by atoms with E-state index in [0.29, 0.717) is 11.5 Å². The van der Waals surface area contributed by atoms with E-state index in [2.05, 4.69) is 30.6 Å². The van der Waals surface area contributed by atoms with E-state index in [0.717, 1.165) is 28.4 Å². The molecule has 0 bridgehead atoms. The van der Waals surface area contributed by atoms with Gasteiger partial charge in [-0.05, 0) is 43.3 Å². The van der Waals surface area contributed by atoms with E-state index in [1.165, 1.54) is 6.33 Å². The van der Waals surface area contributed by atoms with Crippen LogP contribution in [-0.4, -0.2) is 35.0 Å². The Kier molecular flexibility index (Phi) is 5.04. The number of carbonyl (C=O) groups is 1. The molecule has 0 aliphatic rings. The molecule has 3 aromatic heterocycles. The highest BCUT2D eigenvalue weighted by Gasteiger charge is 2.08. The summed E-state index contributed by atoms with van der Waals surface area (Å²) in [6, 6.07) is 17.0. The second-order valence-corrected chi connectivity index (χ2v) is 7.22. The molecular weight excluding hydrogens is 404 g/mol. The summed E-state index contributed by atoms with van der Waals surface area (Å²) < 4.78 is 3.71. The van der Waals surface area contributed by atoms with Gasteiger partial charge in [0.2, 0.25) is 5.91 Å². The molecular formula is C23H20N8O. The Hall–Kier alpha value is -4.53. The van der Waals surface area contributed by atoms with Crippen LogP contribution in [0.5, 0.6) is 0 Å². The van der Waals surface area contributed by atoms with Crippen molar-refractivity contribution in [3.8, 4) is 5.82 Å². The van der Waals surface area contributed by atoms with E-state index in [1.807, 2.05) is 76.9 Å². The normalized spacial score (nSPS) is 10.9. The van der Waals surface area contributed by atoms with Gasteiger partial charge in [-0.15, -0.1) is 0 Å². The molecule has 2 N–H and O–H groups in total. The third kappa shape index (κ3) is 4.04. The Morgan fingerprint density at radius 3 is 2.59 bits per heavy atom. The van der Waals surface area contributed by atoms with E-state index in [4.69, 9.17) is 0 Å². The van der Waals surface area contributed by atoms with Crippen molar-refractivity contribution in [1.82, 2.24) is 29.1 Å². The quantitative estimate of drug-likeness (QED) is 0.431. The molecule has 0 saturated carbocycles. The Bertz CT molecular complexity index is 1390. The minimum Gasteiger partial charge on any atom is -0.340 e. The van der Waals surface area contributed by atoms with E-state index in [1.54, 1.807) is 12.5 Å². The van der Waals surface area contributed by atoms with Crippen molar-refractivity contribution in [3.05, 3.63) is 85.5 Å². The molecule has 5 rings (SSSR count). The second-order valence-electron chi connectivity index (χ2n) is 7.22. The van der Waals surface area contributed by atoms with Crippen LogP contribution >= 0.6 is 0 Å². The van der Waals surface area contributed by atoms with E-state index in [-0.39, 0.29) is 12.5 Å². The van der Waals surface area contributed by atoms with Gasteiger partial charge in [0.15, 0.2) is 0 Å². The molecule has 32 heavy (non-hydrogen) atoms. The fourth-order valence-corrected chi connectivity index (χ4v) is 3.44. The highest BCUT2D eigenvalue weighted by Crippen LogP contribution is 2.19. The van der Waals surface area contributed by atoms with Crippen LogP contribution in [0.15, 0.2) is 79.6 Å². The Labute approximate surface area is 183 Å². The van der Waals surface area contributed by atoms with Crippen molar-refractivity contribution in [1.29, 1.82) is 0 Å². The monoisotopic (exact) mass is 424 g/mol. The molecule has 3 heterocycles. The predicted molar refractivity (Wildman–Crippen MR) is 122 cm³/mol. The number of hydrogen-bond donors (Lipinski definition) is 2. The number of para-hydroxylation sites is 2. The van der Waals surface area contributed by atoms with Gasteiger partial charge in [-0.3, -0.25) is 9.36 Å². The summed E-state index contributed by atoms with van der Waals surface area (Å²) >= 11 is 0. The molecule has 0 saturated heterocycles. The van der Waals surface area contributed by atoms with Gasteiger partial charge in [0, 0.05) is 29.8 Å². The lowest BCUT2D eigenvalue weighted by molar-refractivity contribution is -0.116. The third-order valence-electron chi connectivity index (χ3n) is 5.01. The number of rotatable bonds is 6. The largest absolute Gasteiger partial charge is 0.340 e. The lowest BCUT2D eigenvalue weighted by Gasteiger charge is -2.10. The average Bonchev–Trinajstić information content (AvgIpc) is 3.42. The molecule has 0 unspecified atom stereocenters. The Morgan fingerprint density at radius 2 is 1.78 bits per heavy atom. The number of carbonyl (C=O) groups excluding carboxylic acids is 1. The molecule has 0 atom stereocenters. The van der Waals surface area contributed by atoms with Crippen LogP contribution < -0.4 is 10.6 Å². The van der Waals surface area contributed by atoms with E-state index in [9.17, 15) is 4.79 Å². The van der Waals surface area contributed by atoms with Crippen LogP contribution in [0, 0.1) is 6.92 Å². The topological polar surface area (TPSA) is 103 Å². The molecule has 0 fully saturated rings. The maximum atomic E-state index is 12.5. The zero-order valence-electron chi connectivity index (χ0n) is 17.3. The molecule has 158 valence electrons. The molecule has 0 spiro atoms. The van der Waals surface area contributed by atoms with Gasteiger partial charge < -0.3 is 15.2 Å². The van der Waals surface area contributed by atoms with Gasteiger partial charge in [0.25, 0.3) is 0 Å². The third-order valence-corrected chi connectivity index (χ3v) is 5.01. The standard InChI is InChI=1S/C23H20N8O/c1-16-24-10-11-31(16)22-12-21(25-14-26-22)28-17-6-8-18(9-7-17)29-23(32)13-30-15-27-19-4-2-3-5-20(19)30/h2-12,14-15H,13H2,1H3,(H,29,32)(H,25,26,28). The van der Waals surface area contributed by atoms with Crippen molar-refractivity contribution in [2.75, 3.05) is 10.6 Å². The van der Waals surface area contributed by atoms with Gasteiger partial charge in [-0.2, -0.15) is 0 Å². The fraction of sp³-hybridized carbons (Fsp3) is 0.0870. The molecule has 0 radical (unpaired) electrons. The number of anilines is 3. The van der Waals surface area contributed by atoms with Crippen LogP contribution in [0.4, 0.5) is 17.2 Å². The summed E-state index contributed by atoms with van der Waals surface area (Å²) in [6.45, 7) is 2.11. The van der Waals surface area contributed by atoms with Crippen LogP contribution in [0.2, 0.25) is 0 Å². The number of amides is 1. The minimum absolute atomic E-state index is 0.120. The van der Waals surface area contributed by atoms with Crippen molar-refractivity contribution < 1.29 is 4.79 Å². The smallest absolute Gasteiger partial charge is 0.244 e. The van der Waals surface area contributed by atoms with Gasteiger partial charge in [-0.1, -0.05) is 12.1 Å². The number of aromatic nitrogens is 6. The van der Waals surface area contributed by atoms with Crippen LogP contribution in [0.1, 0.15) is 5.82 Å². The van der Waals surface area contributed by atoms with Crippen molar-refractivity contribution in [2.45, 2.75) is 13.5 Å². The number of aryl methyl sites for hydroxylation is 1. The zero-order chi connectivity index (χ0) is 21.9. The molecule has 0 aliphatic carbocycles. The number of imidazole rings is 2. The lowest BCUT2D eigenvalue weighted by atomic mass is 10.2. The lowest BCUT2D eigenvalue weighted by Crippen LogP contribution is -2.18. The number of nitrogens with zero attached hydrogens (tertiary/aromatic N) is 6. The molecule has 0 aliphatic heterocycles. The number of nitrogens with one attached hydrogen (secondary N) is 2. The van der Waals surface area contributed by atoms with Crippen LogP contribution in [0.25, 0.3) is 16.9 Å². The van der Waals surface area contributed by atoms with E-state index >= 15 is 0 Å². The highest BCUT2D eigenvalue weighted by molar-refractivity contribution is 5.91. The molecule has 9 nitrogen and oxygen atoms in total. The SMILES string of the molecule is Cc1nccn1-c1cc(Nc2ccc(NC(=O)Cn3cnc4ccccc43)cc2)ncn1. The van der Waals surface area contributed by atoms with Crippen LogP contribution in [0.3, 0.4) is 0 Å². The highest BCUT2D eigenvalue weighted by atomic mass is 16.1. The second kappa shape index (κ2) is 8.31. The predicted octanol–water partition coefficient (Wildman–Crippen LogP) is 3.70. The summed E-state index contributed by atoms with van der Waals surface area (Å²) in [5.41, 5.74) is 3.35. The van der Waals surface area contributed by atoms with Gasteiger partial charge in [0.05, 0.1) is 17.4 Å². The maximum Gasteiger partial charge on any atom is 0.244 e. The van der Waals surface area contributed by atoms with Gasteiger partial charge >= 0.3 is 0 Å². The Balaban J connectivity index is 1.24. The fourth-order valence-electron chi connectivity index (χ4n) is 3.44. The molecule has 9 heteroatoms. The van der Waals surface area contributed by atoms with Crippen molar-refractivity contribution in [3.63, 3.8) is 0 Å².